The quantitative estimate of drug-likeness (QED) is 0.913. The molecule has 5 nitrogen and oxygen atoms in total. The molecule has 1 amide bonds. The fourth-order valence-electron chi connectivity index (χ4n) is 2.41. The maximum Gasteiger partial charge on any atom is 0.227 e. The third kappa shape index (κ3) is 3.74. The van der Waals surface area contributed by atoms with Gasteiger partial charge in [0.15, 0.2) is 0 Å². The first-order chi connectivity index (χ1) is 10.8. The van der Waals surface area contributed by atoms with Crippen LogP contribution < -0.4 is 0 Å². The van der Waals surface area contributed by atoms with Crippen LogP contribution in [-0.4, -0.2) is 45.4 Å². The minimum absolute atomic E-state index is 0.0339. The van der Waals surface area contributed by atoms with Crippen molar-refractivity contribution >= 4 is 17.5 Å². The van der Waals surface area contributed by atoms with E-state index in [1.54, 1.807) is 11.9 Å². The molecule has 124 valence electrons. The molecule has 1 atom stereocenters. The number of rotatable bonds is 5. The van der Waals surface area contributed by atoms with Gasteiger partial charge in [0, 0.05) is 23.3 Å². The van der Waals surface area contributed by atoms with Gasteiger partial charge in [-0.1, -0.05) is 11.6 Å². The number of hydrogen-bond acceptors (Lipinski definition) is 3. The highest BCUT2D eigenvalue weighted by Gasteiger charge is 2.20. The average Bonchev–Trinajstić information content (AvgIpc) is 2.82. The van der Waals surface area contributed by atoms with Crippen LogP contribution in [0, 0.1) is 13.8 Å². The molecule has 0 fully saturated rings. The molecule has 0 aliphatic rings. The molecule has 0 spiro atoms. The van der Waals surface area contributed by atoms with E-state index in [2.05, 4.69) is 5.10 Å². The van der Waals surface area contributed by atoms with Gasteiger partial charge in [-0.2, -0.15) is 5.10 Å². The number of likely N-dealkylation sites (N-methyl/N-ethyl adjacent to an activating group) is 1. The van der Waals surface area contributed by atoms with Gasteiger partial charge in [0.1, 0.15) is 0 Å². The Morgan fingerprint density at radius 2 is 1.96 bits per heavy atom. The summed E-state index contributed by atoms with van der Waals surface area (Å²) in [6.45, 7) is 5.61. The number of carbonyl (C=O) groups excluding carboxylic acids is 1. The van der Waals surface area contributed by atoms with E-state index in [0.29, 0.717) is 5.02 Å². The molecule has 0 radical (unpaired) electrons. The van der Waals surface area contributed by atoms with Crippen molar-refractivity contribution in [3.63, 3.8) is 0 Å². The third-order valence-electron chi connectivity index (χ3n) is 4.16. The smallest absolute Gasteiger partial charge is 0.227 e. The molecule has 0 saturated carbocycles. The lowest BCUT2D eigenvalue weighted by molar-refractivity contribution is -0.131. The lowest BCUT2D eigenvalue weighted by Crippen LogP contribution is -2.38. The Morgan fingerprint density at radius 3 is 2.52 bits per heavy atom. The van der Waals surface area contributed by atoms with Crippen molar-refractivity contribution in [2.24, 2.45) is 0 Å². The molecule has 1 aromatic carbocycles. The average molecular weight is 336 g/mol. The normalized spacial score (nSPS) is 12.3. The first-order valence-electron chi connectivity index (χ1n) is 7.52. The van der Waals surface area contributed by atoms with E-state index in [4.69, 9.17) is 11.6 Å². The van der Waals surface area contributed by atoms with Crippen molar-refractivity contribution in [2.75, 3.05) is 13.7 Å². The summed E-state index contributed by atoms with van der Waals surface area (Å²) in [6.07, 6.45) is 0.270. The highest BCUT2D eigenvalue weighted by molar-refractivity contribution is 6.30. The lowest BCUT2D eigenvalue weighted by atomic mass is 10.1. The van der Waals surface area contributed by atoms with Crippen LogP contribution in [0.2, 0.25) is 5.02 Å². The van der Waals surface area contributed by atoms with Crippen molar-refractivity contribution in [1.82, 2.24) is 14.7 Å². The molecule has 2 rings (SSSR count). The SMILES string of the molecule is Cc1nn(-c2ccc(Cl)cc2)c(C)c1CC(=O)N(C)C(C)CO. The van der Waals surface area contributed by atoms with Crippen molar-refractivity contribution in [3.05, 3.63) is 46.2 Å². The van der Waals surface area contributed by atoms with Crippen LogP contribution in [0.3, 0.4) is 0 Å². The number of hydrogen-bond donors (Lipinski definition) is 1. The van der Waals surface area contributed by atoms with Gasteiger partial charge >= 0.3 is 0 Å². The summed E-state index contributed by atoms with van der Waals surface area (Å²) in [6, 6.07) is 7.22. The zero-order valence-electron chi connectivity index (χ0n) is 13.9. The van der Waals surface area contributed by atoms with E-state index < -0.39 is 0 Å². The van der Waals surface area contributed by atoms with Crippen LogP contribution in [-0.2, 0) is 11.2 Å². The highest BCUT2D eigenvalue weighted by Crippen LogP contribution is 2.20. The molecule has 0 bridgehead atoms. The van der Waals surface area contributed by atoms with Crippen LogP contribution >= 0.6 is 11.6 Å². The molecular weight excluding hydrogens is 314 g/mol. The van der Waals surface area contributed by atoms with Crippen LogP contribution in [0.1, 0.15) is 23.9 Å². The van der Waals surface area contributed by atoms with Gasteiger partial charge in [-0.3, -0.25) is 4.79 Å². The topological polar surface area (TPSA) is 58.4 Å². The number of aromatic nitrogens is 2. The molecule has 1 aromatic heterocycles. The number of aryl methyl sites for hydroxylation is 1. The number of halogens is 1. The molecule has 0 saturated heterocycles. The summed E-state index contributed by atoms with van der Waals surface area (Å²) < 4.78 is 1.82. The Bertz CT molecular complexity index is 695. The van der Waals surface area contributed by atoms with Crippen LogP contribution in [0.5, 0.6) is 0 Å². The summed E-state index contributed by atoms with van der Waals surface area (Å²) >= 11 is 5.92. The van der Waals surface area contributed by atoms with Crippen molar-refractivity contribution < 1.29 is 9.90 Å². The second-order valence-corrected chi connectivity index (χ2v) is 6.19. The van der Waals surface area contributed by atoms with E-state index in [9.17, 15) is 9.90 Å². The van der Waals surface area contributed by atoms with Crippen molar-refractivity contribution in [3.8, 4) is 5.69 Å². The Morgan fingerprint density at radius 1 is 1.35 bits per heavy atom. The Kier molecular flexibility index (Phi) is 5.44. The maximum absolute atomic E-state index is 12.4. The fraction of sp³-hybridized carbons (Fsp3) is 0.412. The second kappa shape index (κ2) is 7.15. The van der Waals surface area contributed by atoms with Crippen LogP contribution in [0.25, 0.3) is 5.69 Å². The number of benzene rings is 1. The Balaban J connectivity index is 2.28. The van der Waals surface area contributed by atoms with E-state index in [-0.39, 0.29) is 25.0 Å². The van der Waals surface area contributed by atoms with Crippen molar-refractivity contribution in [1.29, 1.82) is 0 Å². The van der Waals surface area contributed by atoms with Gasteiger partial charge in [0.05, 0.1) is 30.5 Å². The largest absolute Gasteiger partial charge is 0.394 e. The van der Waals surface area contributed by atoms with Gasteiger partial charge in [-0.15, -0.1) is 0 Å². The van der Waals surface area contributed by atoms with E-state index in [1.807, 2.05) is 49.7 Å². The molecule has 6 heteroatoms. The number of amides is 1. The monoisotopic (exact) mass is 335 g/mol. The zero-order chi connectivity index (χ0) is 17.1. The molecule has 1 unspecified atom stereocenters. The number of aliphatic hydroxyl groups excluding tert-OH is 1. The molecule has 23 heavy (non-hydrogen) atoms. The molecule has 1 N–H and O–H groups in total. The number of aliphatic hydroxyl groups is 1. The molecule has 0 aliphatic heterocycles. The molecular formula is C17H22ClN3O2. The Labute approximate surface area is 141 Å². The van der Waals surface area contributed by atoms with Gasteiger partial charge in [0.25, 0.3) is 0 Å². The van der Waals surface area contributed by atoms with Gasteiger partial charge in [-0.05, 0) is 45.0 Å². The summed E-state index contributed by atoms with van der Waals surface area (Å²) in [5, 5.41) is 14.4. The van der Waals surface area contributed by atoms with Crippen molar-refractivity contribution in [2.45, 2.75) is 33.2 Å². The summed E-state index contributed by atoms with van der Waals surface area (Å²) in [5.41, 5.74) is 3.59. The predicted octanol–water partition coefficient (Wildman–Crippen LogP) is 2.52. The summed E-state index contributed by atoms with van der Waals surface area (Å²) in [5.74, 6) is -0.0339. The first-order valence-corrected chi connectivity index (χ1v) is 7.90. The van der Waals surface area contributed by atoms with Crippen LogP contribution in [0.4, 0.5) is 0 Å². The minimum atomic E-state index is -0.200. The first kappa shape index (κ1) is 17.5. The van der Waals surface area contributed by atoms with Gasteiger partial charge < -0.3 is 10.0 Å². The molecule has 0 aliphatic carbocycles. The Hall–Kier alpha value is -1.85. The zero-order valence-corrected chi connectivity index (χ0v) is 14.6. The minimum Gasteiger partial charge on any atom is -0.394 e. The number of nitrogens with zero attached hydrogens (tertiary/aromatic N) is 3. The fourth-order valence-corrected chi connectivity index (χ4v) is 2.53. The highest BCUT2D eigenvalue weighted by atomic mass is 35.5. The predicted molar refractivity (Wildman–Crippen MR) is 91.1 cm³/mol. The van der Waals surface area contributed by atoms with Gasteiger partial charge in [0.2, 0.25) is 5.91 Å². The molecule has 1 heterocycles. The van der Waals surface area contributed by atoms with E-state index in [1.165, 1.54) is 0 Å². The second-order valence-electron chi connectivity index (χ2n) is 5.75. The van der Waals surface area contributed by atoms with E-state index in [0.717, 1.165) is 22.6 Å². The standard InChI is InChI=1S/C17H22ClN3O2/c1-11(10-22)20(4)17(23)9-16-12(2)19-21(13(16)3)15-7-5-14(18)6-8-15/h5-8,11,22H,9-10H2,1-4H3. The maximum atomic E-state index is 12.4. The summed E-state index contributed by atoms with van der Waals surface area (Å²) in [4.78, 5) is 13.9. The van der Waals surface area contributed by atoms with Gasteiger partial charge in [-0.25, -0.2) is 4.68 Å². The van der Waals surface area contributed by atoms with E-state index >= 15 is 0 Å². The van der Waals surface area contributed by atoms with Crippen LogP contribution in [0.15, 0.2) is 24.3 Å². The molecule has 2 aromatic rings. The third-order valence-corrected chi connectivity index (χ3v) is 4.41. The number of carbonyl (C=O) groups is 1. The summed E-state index contributed by atoms with van der Waals surface area (Å²) in [7, 11) is 1.71. The lowest BCUT2D eigenvalue weighted by Gasteiger charge is -2.23.